The third-order valence-electron chi connectivity index (χ3n) is 9.45. The third-order valence-corrected chi connectivity index (χ3v) is 9.45. The molecule has 2 N–H and O–H groups in total. The average Bonchev–Trinajstić information content (AvgIpc) is 3.64. The Bertz CT molecular complexity index is 1770. The molecule has 0 bridgehead atoms. The minimum Gasteiger partial charge on any atom is -0.392 e. The molecule has 6 rings (SSSR count). The van der Waals surface area contributed by atoms with Gasteiger partial charge in [0, 0.05) is 38.2 Å². The number of hydrogen-bond acceptors (Lipinski definition) is 6. The molecule has 51 heavy (non-hydrogen) atoms. The van der Waals surface area contributed by atoms with Crippen LogP contribution in [-0.4, -0.2) is 65.2 Å². The van der Waals surface area contributed by atoms with Gasteiger partial charge in [0.15, 0.2) is 6.29 Å². The Kier molecular flexibility index (Phi) is 11.5. The van der Waals surface area contributed by atoms with E-state index in [2.05, 4.69) is 29.4 Å². The van der Waals surface area contributed by atoms with Crippen molar-refractivity contribution in [3.63, 3.8) is 0 Å². The van der Waals surface area contributed by atoms with Crippen LogP contribution in [0, 0.1) is 0 Å². The third kappa shape index (κ3) is 9.04. The Morgan fingerprint density at radius 2 is 1.57 bits per heavy atom. The van der Waals surface area contributed by atoms with Crippen molar-refractivity contribution in [2.45, 2.75) is 69.7 Å². The van der Waals surface area contributed by atoms with Crippen molar-refractivity contribution >= 4 is 11.8 Å². The fourth-order valence-electron chi connectivity index (χ4n) is 6.86. The van der Waals surface area contributed by atoms with Gasteiger partial charge < -0.3 is 24.8 Å². The van der Waals surface area contributed by atoms with E-state index in [1.54, 1.807) is 0 Å². The average molecular weight is 702 g/mol. The first-order valence-corrected chi connectivity index (χ1v) is 17.2. The highest BCUT2D eigenvalue weighted by molar-refractivity contribution is 5.90. The van der Waals surface area contributed by atoms with Gasteiger partial charge in [-0.15, -0.1) is 0 Å². The van der Waals surface area contributed by atoms with E-state index in [4.69, 9.17) is 9.47 Å². The first kappa shape index (κ1) is 36.2. The first-order valence-electron chi connectivity index (χ1n) is 17.2. The standard InChI is InChI=1S/C40H42F3N3O5/c1-45(24-27-8-3-2-4-9-27)25-33-22-36(30-15-13-28(26-47)14-16-30)51-38(50-33)31-19-17-29(18-20-31)34-11-6-5-10-32(34)23-44-37(48)35-12-7-21-46(35)39(49)40(41,42)43/h2-6,8-11,13-20,33,35-36,38,47H,7,12,21-26H2,1H3,(H,44,48)/t33-,35-,36+,38+/m0/s1. The number of nitrogens with zero attached hydrogens (tertiary/aromatic N) is 2. The van der Waals surface area contributed by atoms with Crippen molar-refractivity contribution < 1.29 is 37.3 Å². The molecule has 2 amide bonds. The Hall–Kier alpha value is -4.55. The summed E-state index contributed by atoms with van der Waals surface area (Å²) in [5.41, 5.74) is 6.40. The highest BCUT2D eigenvalue weighted by atomic mass is 19.4. The molecule has 2 saturated heterocycles. The summed E-state index contributed by atoms with van der Waals surface area (Å²) in [5, 5.41) is 12.3. The zero-order valence-electron chi connectivity index (χ0n) is 28.4. The van der Waals surface area contributed by atoms with Crippen molar-refractivity contribution in [3.05, 3.63) is 131 Å². The summed E-state index contributed by atoms with van der Waals surface area (Å²) in [4.78, 5) is 27.7. The van der Waals surface area contributed by atoms with Crippen LogP contribution in [0.25, 0.3) is 11.1 Å². The van der Waals surface area contributed by atoms with Gasteiger partial charge in [-0.05, 0) is 53.3 Å². The topological polar surface area (TPSA) is 91.3 Å². The number of likely N-dealkylation sites (N-methyl/N-ethyl adjacent to an activating group) is 1. The fourth-order valence-corrected chi connectivity index (χ4v) is 6.86. The van der Waals surface area contributed by atoms with Gasteiger partial charge in [0.25, 0.3) is 0 Å². The maximum absolute atomic E-state index is 13.1. The molecule has 4 aromatic rings. The van der Waals surface area contributed by atoms with Crippen LogP contribution in [0.5, 0.6) is 0 Å². The van der Waals surface area contributed by atoms with Gasteiger partial charge in [0.05, 0.1) is 18.8 Å². The minimum atomic E-state index is -5.03. The highest BCUT2D eigenvalue weighted by Gasteiger charge is 2.47. The number of carbonyl (C=O) groups excluding carboxylic acids is 2. The maximum atomic E-state index is 13.1. The van der Waals surface area contributed by atoms with Gasteiger partial charge in [-0.2, -0.15) is 13.2 Å². The number of alkyl halides is 3. The number of ether oxygens (including phenoxy) is 2. The number of amides is 2. The van der Waals surface area contributed by atoms with Crippen molar-refractivity contribution in [2.24, 2.45) is 0 Å². The molecule has 0 spiro atoms. The van der Waals surface area contributed by atoms with Crippen molar-refractivity contribution in [1.82, 2.24) is 15.1 Å². The van der Waals surface area contributed by atoms with Gasteiger partial charge in [0.2, 0.25) is 5.91 Å². The number of likely N-dealkylation sites (tertiary alicyclic amines) is 1. The lowest BCUT2D eigenvalue weighted by Gasteiger charge is -2.38. The van der Waals surface area contributed by atoms with E-state index < -0.39 is 30.3 Å². The molecule has 8 nitrogen and oxygen atoms in total. The SMILES string of the molecule is CN(Cc1ccccc1)C[C@@H]1C[C@H](c2ccc(CO)cc2)O[C@H](c2ccc(-c3ccccc3CNC(=O)[C@@H]3CCCN3C(=O)C(F)(F)F)cc2)O1. The Morgan fingerprint density at radius 1 is 0.882 bits per heavy atom. The molecule has 4 atom stereocenters. The molecule has 0 unspecified atom stereocenters. The Balaban J connectivity index is 1.16. The molecule has 2 heterocycles. The van der Waals surface area contributed by atoms with E-state index in [0.29, 0.717) is 24.3 Å². The summed E-state index contributed by atoms with van der Waals surface area (Å²) in [7, 11) is 2.08. The van der Waals surface area contributed by atoms with Gasteiger partial charge in [-0.1, -0.05) is 103 Å². The first-order chi connectivity index (χ1) is 24.6. The summed E-state index contributed by atoms with van der Waals surface area (Å²) in [6.07, 6.45) is -4.83. The number of aliphatic hydroxyl groups excluding tert-OH is 1. The molecule has 4 aromatic carbocycles. The zero-order valence-corrected chi connectivity index (χ0v) is 28.4. The number of aliphatic hydroxyl groups is 1. The van der Waals surface area contributed by atoms with Crippen LogP contribution in [0.3, 0.4) is 0 Å². The molecule has 0 aliphatic carbocycles. The molecular formula is C40H42F3N3O5. The smallest absolute Gasteiger partial charge is 0.392 e. The molecule has 2 fully saturated rings. The lowest BCUT2D eigenvalue weighted by atomic mass is 9.97. The van der Waals surface area contributed by atoms with E-state index in [9.17, 15) is 27.9 Å². The van der Waals surface area contributed by atoms with E-state index in [-0.39, 0.29) is 38.3 Å². The summed E-state index contributed by atoms with van der Waals surface area (Å²) in [6.45, 7) is 1.43. The largest absolute Gasteiger partial charge is 0.471 e. The van der Waals surface area contributed by atoms with Gasteiger partial charge >= 0.3 is 12.1 Å². The van der Waals surface area contributed by atoms with E-state index in [1.165, 1.54) is 5.56 Å². The maximum Gasteiger partial charge on any atom is 0.471 e. The van der Waals surface area contributed by atoms with Crippen LogP contribution in [0.1, 0.15) is 59.5 Å². The van der Waals surface area contributed by atoms with E-state index in [0.717, 1.165) is 39.9 Å². The van der Waals surface area contributed by atoms with Crippen LogP contribution >= 0.6 is 0 Å². The second kappa shape index (κ2) is 16.2. The van der Waals surface area contributed by atoms with Crippen molar-refractivity contribution in [2.75, 3.05) is 20.1 Å². The number of rotatable bonds is 11. The molecule has 2 aliphatic rings. The van der Waals surface area contributed by atoms with Crippen LogP contribution in [0.15, 0.2) is 103 Å². The molecule has 2 aliphatic heterocycles. The molecule has 0 saturated carbocycles. The molecular weight excluding hydrogens is 659 g/mol. The molecule has 268 valence electrons. The fraction of sp³-hybridized carbons (Fsp3) is 0.350. The predicted molar refractivity (Wildman–Crippen MR) is 186 cm³/mol. The van der Waals surface area contributed by atoms with Gasteiger partial charge in [0.1, 0.15) is 6.04 Å². The predicted octanol–water partition coefficient (Wildman–Crippen LogP) is 6.69. The number of hydrogen-bond donors (Lipinski definition) is 2. The Morgan fingerprint density at radius 3 is 2.27 bits per heavy atom. The number of benzene rings is 4. The second-order valence-electron chi connectivity index (χ2n) is 13.2. The molecule has 11 heteroatoms. The van der Waals surface area contributed by atoms with Crippen molar-refractivity contribution in [1.29, 1.82) is 0 Å². The highest BCUT2D eigenvalue weighted by Crippen LogP contribution is 2.39. The molecule has 0 aromatic heterocycles. The van der Waals surface area contributed by atoms with Crippen LogP contribution in [0.2, 0.25) is 0 Å². The number of halogens is 3. The van der Waals surface area contributed by atoms with Crippen molar-refractivity contribution in [3.8, 4) is 11.1 Å². The summed E-state index contributed by atoms with van der Waals surface area (Å²) >= 11 is 0. The summed E-state index contributed by atoms with van der Waals surface area (Å²) < 4.78 is 52.4. The summed E-state index contributed by atoms with van der Waals surface area (Å²) in [6, 6.07) is 32.2. The Labute approximate surface area is 295 Å². The lowest BCUT2D eigenvalue weighted by molar-refractivity contribution is -0.252. The van der Waals surface area contributed by atoms with Gasteiger partial charge in [-0.25, -0.2) is 0 Å². The van der Waals surface area contributed by atoms with Crippen LogP contribution in [0.4, 0.5) is 13.2 Å². The zero-order chi connectivity index (χ0) is 36.0. The van der Waals surface area contributed by atoms with Crippen LogP contribution < -0.4 is 5.32 Å². The van der Waals surface area contributed by atoms with E-state index >= 15 is 0 Å². The minimum absolute atomic E-state index is 0.0333. The van der Waals surface area contributed by atoms with Crippen LogP contribution in [-0.2, 0) is 38.8 Å². The lowest BCUT2D eigenvalue weighted by Crippen LogP contribution is -2.50. The van der Waals surface area contributed by atoms with E-state index in [1.807, 2.05) is 91.0 Å². The number of carbonyl (C=O) groups is 2. The quantitative estimate of drug-likeness (QED) is 0.181. The molecule has 0 radical (unpaired) electrons. The van der Waals surface area contributed by atoms with Gasteiger partial charge in [-0.3, -0.25) is 14.5 Å². The summed E-state index contributed by atoms with van der Waals surface area (Å²) in [5.74, 6) is -2.59. The second-order valence-corrected chi connectivity index (χ2v) is 13.2. The monoisotopic (exact) mass is 701 g/mol. The number of nitrogens with one attached hydrogen (secondary N) is 1. The normalized spacial score (nSPS) is 20.8.